The molecule has 0 N–H and O–H groups in total. The highest BCUT2D eigenvalue weighted by Crippen LogP contribution is 2.38. The maximum atomic E-state index is 6.29. The van der Waals surface area contributed by atoms with E-state index in [4.69, 9.17) is 11.6 Å². The van der Waals surface area contributed by atoms with Gasteiger partial charge in [0.1, 0.15) is 5.84 Å². The van der Waals surface area contributed by atoms with E-state index >= 15 is 0 Å². The van der Waals surface area contributed by atoms with Gasteiger partial charge in [0.2, 0.25) is 0 Å². The normalized spacial score (nSPS) is 18.7. The summed E-state index contributed by atoms with van der Waals surface area (Å²) >= 11 is 6.29. The molecule has 0 amide bonds. The molecular weight excluding hydrogens is 246 g/mol. The number of amidine groups is 1. The molecule has 0 saturated heterocycles. The van der Waals surface area contributed by atoms with Crippen molar-refractivity contribution in [2.75, 3.05) is 4.90 Å². The molecule has 1 aliphatic heterocycles. The number of aliphatic imine (C=N–C) groups is 1. The first kappa shape index (κ1) is 11.7. The van der Waals surface area contributed by atoms with Gasteiger partial charge in [-0.05, 0) is 37.8 Å². The fourth-order valence-corrected chi connectivity index (χ4v) is 2.63. The lowest BCUT2D eigenvalue weighted by Crippen LogP contribution is -2.34. The van der Waals surface area contributed by atoms with Gasteiger partial charge in [-0.1, -0.05) is 17.7 Å². The van der Waals surface area contributed by atoms with Crippen LogP contribution in [0.25, 0.3) is 0 Å². The molecule has 1 aromatic heterocycles. The van der Waals surface area contributed by atoms with Gasteiger partial charge in [-0.2, -0.15) is 0 Å². The molecule has 3 rings (SSSR count). The Labute approximate surface area is 112 Å². The predicted octanol–water partition coefficient (Wildman–Crippen LogP) is 3.72. The van der Waals surface area contributed by atoms with Crippen molar-refractivity contribution in [3.05, 3.63) is 35.3 Å². The minimum atomic E-state index is 0.552. The molecule has 0 unspecified atom stereocenters. The largest absolute Gasteiger partial charge is 0.324 e. The Balaban J connectivity index is 2.04. The molecular formula is C14H16ClN3. The van der Waals surface area contributed by atoms with Crippen molar-refractivity contribution in [3.8, 4) is 0 Å². The lowest BCUT2D eigenvalue weighted by atomic mass is 10.1. The van der Waals surface area contributed by atoms with Crippen LogP contribution in [0.15, 0.2) is 29.5 Å². The molecule has 1 aliphatic carbocycles. The van der Waals surface area contributed by atoms with Crippen LogP contribution in [0.1, 0.15) is 31.2 Å². The van der Waals surface area contributed by atoms with E-state index in [2.05, 4.69) is 27.9 Å². The first-order valence-electron chi connectivity index (χ1n) is 6.39. The molecule has 18 heavy (non-hydrogen) atoms. The second-order valence-electron chi connectivity index (χ2n) is 4.84. The van der Waals surface area contributed by atoms with Gasteiger partial charge in [0.05, 0.1) is 5.69 Å². The zero-order valence-corrected chi connectivity index (χ0v) is 11.2. The highest BCUT2D eigenvalue weighted by Gasteiger charge is 2.34. The average Bonchev–Trinajstić information content (AvgIpc) is 3.19. The minimum absolute atomic E-state index is 0.552. The zero-order chi connectivity index (χ0) is 12.5. The molecule has 0 atom stereocenters. The number of hydrogen-bond acceptors (Lipinski definition) is 3. The number of hydrogen-bond donors (Lipinski definition) is 0. The van der Waals surface area contributed by atoms with Crippen molar-refractivity contribution >= 4 is 23.1 Å². The number of allylic oxidation sites excluding steroid dienone is 1. The number of rotatable bonds is 2. The van der Waals surface area contributed by atoms with Gasteiger partial charge in [-0.25, -0.2) is 9.98 Å². The van der Waals surface area contributed by atoms with Crippen LogP contribution >= 0.6 is 11.6 Å². The van der Waals surface area contributed by atoms with Crippen LogP contribution in [0.2, 0.25) is 5.15 Å². The standard InChI is InChI=1S/C14H16ClN3/c1-10-7-9-17-14(15)13(10)18(11-5-6-11)12-4-2-3-8-16-12/h3,7-9,11H,2,4-6H2,1H3. The lowest BCUT2D eigenvalue weighted by molar-refractivity contribution is 0.924. The minimum Gasteiger partial charge on any atom is -0.324 e. The number of aromatic nitrogens is 1. The van der Waals surface area contributed by atoms with E-state index in [1.807, 2.05) is 12.3 Å². The van der Waals surface area contributed by atoms with Crippen molar-refractivity contribution < 1.29 is 0 Å². The summed E-state index contributed by atoms with van der Waals surface area (Å²) in [6.07, 6.45) is 10.2. The number of aryl methyl sites for hydroxylation is 1. The van der Waals surface area contributed by atoms with Crippen molar-refractivity contribution in [2.24, 2.45) is 4.99 Å². The Morgan fingerprint density at radius 3 is 2.83 bits per heavy atom. The van der Waals surface area contributed by atoms with Crippen LogP contribution in [0, 0.1) is 6.92 Å². The maximum absolute atomic E-state index is 6.29. The van der Waals surface area contributed by atoms with Gasteiger partial charge >= 0.3 is 0 Å². The van der Waals surface area contributed by atoms with E-state index < -0.39 is 0 Å². The molecule has 1 fully saturated rings. The summed E-state index contributed by atoms with van der Waals surface area (Å²) in [5.41, 5.74) is 2.20. The summed E-state index contributed by atoms with van der Waals surface area (Å²) in [4.78, 5) is 11.0. The van der Waals surface area contributed by atoms with Crippen LogP contribution in [-0.4, -0.2) is 16.9 Å². The third kappa shape index (κ3) is 2.15. The van der Waals surface area contributed by atoms with Crippen molar-refractivity contribution in [1.82, 2.24) is 4.98 Å². The molecule has 1 saturated carbocycles. The van der Waals surface area contributed by atoms with Crippen LogP contribution in [0.4, 0.5) is 5.69 Å². The number of anilines is 1. The van der Waals surface area contributed by atoms with Crippen molar-refractivity contribution in [3.63, 3.8) is 0 Å². The summed E-state index contributed by atoms with van der Waals surface area (Å²) in [6.45, 7) is 2.08. The molecule has 2 heterocycles. The molecule has 94 valence electrons. The summed E-state index contributed by atoms with van der Waals surface area (Å²) in [7, 11) is 0. The first-order valence-corrected chi connectivity index (χ1v) is 6.77. The van der Waals surface area contributed by atoms with E-state index in [1.54, 1.807) is 6.20 Å². The van der Waals surface area contributed by atoms with Crippen LogP contribution < -0.4 is 4.90 Å². The van der Waals surface area contributed by atoms with E-state index in [-0.39, 0.29) is 0 Å². The van der Waals surface area contributed by atoms with Crippen LogP contribution in [-0.2, 0) is 0 Å². The van der Waals surface area contributed by atoms with Crippen LogP contribution in [0.5, 0.6) is 0 Å². The monoisotopic (exact) mass is 261 g/mol. The van der Waals surface area contributed by atoms with Crippen molar-refractivity contribution in [2.45, 2.75) is 38.6 Å². The Kier molecular flexibility index (Phi) is 3.08. The second kappa shape index (κ2) is 4.73. The molecule has 3 nitrogen and oxygen atoms in total. The Hall–Kier alpha value is -1.35. The van der Waals surface area contributed by atoms with E-state index in [0.717, 1.165) is 24.4 Å². The average molecular weight is 262 g/mol. The number of nitrogens with zero attached hydrogens (tertiary/aromatic N) is 3. The summed E-state index contributed by atoms with van der Waals surface area (Å²) in [5.74, 6) is 1.12. The Bertz CT molecular complexity index is 498. The smallest absolute Gasteiger partial charge is 0.152 e. The summed E-state index contributed by atoms with van der Waals surface area (Å²) in [5, 5.41) is 0.583. The number of pyridine rings is 1. The molecule has 0 bridgehead atoms. The van der Waals surface area contributed by atoms with Gasteiger partial charge in [-0.15, -0.1) is 0 Å². The third-order valence-corrected chi connectivity index (χ3v) is 3.65. The number of halogens is 1. The molecule has 0 aromatic carbocycles. The SMILES string of the molecule is Cc1ccnc(Cl)c1N(C1=NC=CCC1)C1CC1. The lowest BCUT2D eigenvalue weighted by Gasteiger charge is -2.28. The fraction of sp³-hybridized carbons (Fsp3) is 0.429. The van der Waals surface area contributed by atoms with Gasteiger partial charge in [0.25, 0.3) is 0 Å². The molecule has 2 aliphatic rings. The summed E-state index contributed by atoms with van der Waals surface area (Å²) in [6, 6.07) is 2.56. The molecule has 4 heteroatoms. The van der Waals surface area contributed by atoms with Crippen molar-refractivity contribution in [1.29, 1.82) is 0 Å². The molecule has 0 spiro atoms. The Morgan fingerprint density at radius 1 is 1.39 bits per heavy atom. The predicted molar refractivity (Wildman–Crippen MR) is 75.3 cm³/mol. The molecule has 0 radical (unpaired) electrons. The van der Waals surface area contributed by atoms with E-state index in [9.17, 15) is 0 Å². The Morgan fingerprint density at radius 2 is 2.22 bits per heavy atom. The van der Waals surface area contributed by atoms with E-state index in [0.29, 0.717) is 11.2 Å². The van der Waals surface area contributed by atoms with Gasteiger partial charge in [-0.3, -0.25) is 0 Å². The van der Waals surface area contributed by atoms with E-state index in [1.165, 1.54) is 18.4 Å². The van der Waals surface area contributed by atoms with Gasteiger partial charge in [0, 0.05) is 24.9 Å². The highest BCUT2D eigenvalue weighted by atomic mass is 35.5. The highest BCUT2D eigenvalue weighted by molar-refractivity contribution is 6.33. The molecule has 1 aromatic rings. The first-order chi connectivity index (χ1) is 8.77. The third-order valence-electron chi connectivity index (χ3n) is 3.38. The second-order valence-corrected chi connectivity index (χ2v) is 5.20. The van der Waals surface area contributed by atoms with Gasteiger partial charge < -0.3 is 4.90 Å². The summed E-state index contributed by atoms with van der Waals surface area (Å²) < 4.78 is 0. The van der Waals surface area contributed by atoms with Gasteiger partial charge in [0.15, 0.2) is 5.15 Å². The fourth-order valence-electron chi connectivity index (χ4n) is 2.33. The quantitative estimate of drug-likeness (QED) is 0.759. The van der Waals surface area contributed by atoms with Crippen LogP contribution in [0.3, 0.4) is 0 Å². The topological polar surface area (TPSA) is 28.5 Å². The zero-order valence-electron chi connectivity index (χ0n) is 10.4. The maximum Gasteiger partial charge on any atom is 0.152 e.